The van der Waals surface area contributed by atoms with Crippen molar-refractivity contribution in [2.75, 3.05) is 12.1 Å². The third-order valence-electron chi connectivity index (χ3n) is 5.47. The molecule has 0 saturated heterocycles. The quantitative estimate of drug-likeness (QED) is 0.905. The van der Waals surface area contributed by atoms with E-state index >= 15 is 0 Å². The second-order valence-corrected chi connectivity index (χ2v) is 7.13. The van der Waals surface area contributed by atoms with Gasteiger partial charge >= 0.3 is 0 Å². The molecule has 1 saturated carbocycles. The number of amides is 1. The number of ether oxygens (including phenoxy) is 2. The molecule has 0 radical (unpaired) electrons. The summed E-state index contributed by atoms with van der Waals surface area (Å²) in [5, 5.41) is 3.03. The molecule has 2 aliphatic carbocycles. The first kappa shape index (κ1) is 15.4. The molecule has 5 nitrogen and oxygen atoms in total. The third-order valence-corrected chi connectivity index (χ3v) is 5.47. The summed E-state index contributed by atoms with van der Waals surface area (Å²) < 4.78 is 10.8. The predicted molar refractivity (Wildman–Crippen MR) is 98.2 cm³/mol. The average Bonchev–Trinajstić information content (AvgIpc) is 3.08. The monoisotopic (exact) mass is 348 g/mol. The summed E-state index contributed by atoms with van der Waals surface area (Å²) in [7, 11) is 0. The number of hydrogen-bond donors (Lipinski definition) is 1. The number of hydrogen-bond acceptors (Lipinski definition) is 4. The van der Waals surface area contributed by atoms with Crippen LogP contribution in [0.1, 0.15) is 43.4 Å². The number of benzene rings is 1. The van der Waals surface area contributed by atoms with Crippen LogP contribution < -0.4 is 14.8 Å². The molecular formula is C21H20N2O3. The normalized spacial score (nSPS) is 19.2. The fraction of sp³-hybridized carbons (Fsp3) is 0.333. The van der Waals surface area contributed by atoms with Crippen molar-refractivity contribution in [3.8, 4) is 11.5 Å². The number of anilines is 1. The van der Waals surface area contributed by atoms with Crippen LogP contribution in [0.4, 0.5) is 5.82 Å². The number of aromatic nitrogens is 1. The number of carbonyl (C=O) groups excluding carboxylic acids is 1. The summed E-state index contributed by atoms with van der Waals surface area (Å²) in [6.45, 7) is 0.241. The lowest BCUT2D eigenvalue weighted by molar-refractivity contribution is -0.118. The Hall–Kier alpha value is -2.82. The van der Waals surface area contributed by atoms with Gasteiger partial charge in [-0.1, -0.05) is 18.2 Å². The van der Waals surface area contributed by atoms with Crippen molar-refractivity contribution in [3.63, 3.8) is 0 Å². The van der Waals surface area contributed by atoms with Crippen LogP contribution in [0.5, 0.6) is 11.5 Å². The number of allylic oxidation sites excluding steroid dienone is 2. The molecule has 2 heterocycles. The fourth-order valence-corrected chi connectivity index (χ4v) is 3.79. The van der Waals surface area contributed by atoms with Crippen LogP contribution in [0.2, 0.25) is 0 Å². The number of nitrogens with zero attached hydrogens (tertiary/aromatic N) is 1. The van der Waals surface area contributed by atoms with Crippen molar-refractivity contribution in [3.05, 3.63) is 53.7 Å². The van der Waals surface area contributed by atoms with Crippen LogP contribution in [-0.4, -0.2) is 17.7 Å². The molecule has 3 aliphatic rings. The highest BCUT2D eigenvalue weighted by atomic mass is 16.7. The van der Waals surface area contributed by atoms with E-state index in [4.69, 9.17) is 9.47 Å². The first-order valence-corrected chi connectivity index (χ1v) is 9.13. The van der Waals surface area contributed by atoms with Crippen LogP contribution in [0.15, 0.2) is 42.5 Å². The van der Waals surface area contributed by atoms with Gasteiger partial charge in [0.1, 0.15) is 5.82 Å². The average molecular weight is 348 g/mol. The zero-order chi connectivity index (χ0) is 17.6. The maximum atomic E-state index is 13.0. The van der Waals surface area contributed by atoms with Crippen LogP contribution >= 0.6 is 0 Å². The first-order chi connectivity index (χ1) is 12.7. The summed E-state index contributed by atoms with van der Waals surface area (Å²) >= 11 is 0. The zero-order valence-corrected chi connectivity index (χ0v) is 14.5. The van der Waals surface area contributed by atoms with Gasteiger partial charge in [0.15, 0.2) is 11.5 Å². The van der Waals surface area contributed by atoms with E-state index in [-0.39, 0.29) is 12.7 Å². The number of fused-ring (bicyclic) bond motifs is 1. The topological polar surface area (TPSA) is 60.5 Å². The molecule has 5 rings (SSSR count). The fourth-order valence-electron chi connectivity index (χ4n) is 3.79. The van der Waals surface area contributed by atoms with Gasteiger partial charge in [0.05, 0.1) is 11.1 Å². The maximum Gasteiger partial charge on any atom is 0.236 e. The highest BCUT2D eigenvalue weighted by molar-refractivity contribution is 6.01. The summed E-state index contributed by atoms with van der Waals surface area (Å²) in [4.78, 5) is 17.6. The Balaban J connectivity index is 1.38. The number of nitrogens with one attached hydrogen (secondary N) is 1. The molecule has 0 spiro atoms. The smallest absolute Gasteiger partial charge is 0.236 e. The van der Waals surface area contributed by atoms with Crippen molar-refractivity contribution in [2.45, 2.75) is 37.5 Å². The predicted octanol–water partition coefficient (Wildman–Crippen LogP) is 4.05. The lowest BCUT2D eigenvalue weighted by Gasteiger charge is -2.16. The van der Waals surface area contributed by atoms with Crippen LogP contribution in [0.25, 0.3) is 5.57 Å². The first-order valence-electron chi connectivity index (χ1n) is 9.13. The van der Waals surface area contributed by atoms with Crippen molar-refractivity contribution in [1.82, 2.24) is 4.98 Å². The zero-order valence-electron chi connectivity index (χ0n) is 14.5. The minimum atomic E-state index is -0.481. The molecule has 0 bridgehead atoms. The van der Waals surface area contributed by atoms with Crippen molar-refractivity contribution >= 4 is 17.3 Å². The molecule has 1 amide bonds. The van der Waals surface area contributed by atoms with E-state index in [1.54, 1.807) is 0 Å². The van der Waals surface area contributed by atoms with Gasteiger partial charge in [0.2, 0.25) is 12.7 Å². The summed E-state index contributed by atoms with van der Waals surface area (Å²) in [6.07, 6.45) is 7.27. The van der Waals surface area contributed by atoms with Crippen LogP contribution in [0.3, 0.4) is 0 Å². The summed E-state index contributed by atoms with van der Waals surface area (Å²) in [5.74, 6) is 2.08. The van der Waals surface area contributed by atoms with Gasteiger partial charge in [-0.25, -0.2) is 4.98 Å². The molecule has 2 aromatic rings. The lowest BCUT2D eigenvalue weighted by Crippen LogP contribution is -2.28. The van der Waals surface area contributed by atoms with E-state index in [0.29, 0.717) is 5.82 Å². The second kappa shape index (κ2) is 5.87. The lowest BCUT2D eigenvalue weighted by atomic mass is 9.94. The van der Waals surface area contributed by atoms with Gasteiger partial charge in [-0.15, -0.1) is 0 Å². The summed E-state index contributed by atoms with van der Waals surface area (Å²) in [5.41, 5.74) is 2.74. The Bertz CT molecular complexity index is 915. The Kier molecular flexibility index (Phi) is 3.48. The molecule has 0 atom stereocenters. The van der Waals surface area contributed by atoms with E-state index in [0.717, 1.165) is 48.4 Å². The molecular weight excluding hydrogens is 328 g/mol. The third kappa shape index (κ3) is 2.55. The van der Waals surface area contributed by atoms with E-state index in [9.17, 15) is 4.79 Å². The molecule has 1 aliphatic heterocycles. The molecule has 0 unspecified atom stereocenters. The maximum absolute atomic E-state index is 13.0. The SMILES string of the molecule is O=C(Nc1cccc(C2=CCCC2)n1)C1(c2ccc3c(c2)OCO3)CC1. The molecule has 1 aromatic heterocycles. The van der Waals surface area contributed by atoms with Gasteiger partial charge in [-0.2, -0.15) is 0 Å². The number of carbonyl (C=O) groups is 1. The standard InChI is InChI=1S/C21H20N2O3/c24-20(23-19-7-3-6-16(22-19)14-4-1-2-5-14)21(10-11-21)15-8-9-17-18(12-15)26-13-25-17/h3-4,6-9,12H,1-2,5,10-11,13H2,(H,22,23,24). The van der Waals surface area contributed by atoms with Crippen molar-refractivity contribution in [1.29, 1.82) is 0 Å². The highest BCUT2D eigenvalue weighted by Gasteiger charge is 2.51. The van der Waals surface area contributed by atoms with E-state index in [2.05, 4.69) is 16.4 Å². The number of rotatable bonds is 4. The number of pyridine rings is 1. The highest BCUT2D eigenvalue weighted by Crippen LogP contribution is 2.51. The summed E-state index contributed by atoms with van der Waals surface area (Å²) in [6, 6.07) is 11.6. The Labute approximate surface area is 152 Å². The van der Waals surface area contributed by atoms with E-state index in [1.165, 1.54) is 12.0 Å². The minimum absolute atomic E-state index is 0.00131. The van der Waals surface area contributed by atoms with E-state index < -0.39 is 5.41 Å². The molecule has 1 fully saturated rings. The van der Waals surface area contributed by atoms with Gasteiger partial charge in [0.25, 0.3) is 0 Å². The van der Waals surface area contributed by atoms with Gasteiger partial charge in [-0.3, -0.25) is 4.79 Å². The van der Waals surface area contributed by atoms with Gasteiger partial charge in [0, 0.05) is 0 Å². The molecule has 1 aromatic carbocycles. The van der Waals surface area contributed by atoms with Gasteiger partial charge < -0.3 is 14.8 Å². The Morgan fingerprint density at radius 3 is 2.81 bits per heavy atom. The molecule has 26 heavy (non-hydrogen) atoms. The minimum Gasteiger partial charge on any atom is -0.454 e. The van der Waals surface area contributed by atoms with Crippen LogP contribution in [-0.2, 0) is 10.2 Å². The molecule has 1 N–H and O–H groups in total. The van der Waals surface area contributed by atoms with E-state index in [1.807, 2.05) is 36.4 Å². The van der Waals surface area contributed by atoms with Gasteiger partial charge in [-0.05, 0) is 67.5 Å². The molecule has 132 valence electrons. The van der Waals surface area contributed by atoms with Crippen molar-refractivity contribution in [2.24, 2.45) is 0 Å². The Morgan fingerprint density at radius 2 is 2.00 bits per heavy atom. The largest absolute Gasteiger partial charge is 0.454 e. The van der Waals surface area contributed by atoms with Crippen molar-refractivity contribution < 1.29 is 14.3 Å². The molecule has 5 heteroatoms. The van der Waals surface area contributed by atoms with Crippen LogP contribution in [0, 0.1) is 0 Å². The Morgan fingerprint density at radius 1 is 1.12 bits per heavy atom. The second-order valence-electron chi connectivity index (χ2n) is 7.13.